The molecular formula is C20H25N5OS. The quantitative estimate of drug-likeness (QED) is 0.734. The fourth-order valence-corrected chi connectivity index (χ4v) is 4.99. The van der Waals surface area contributed by atoms with Gasteiger partial charge in [-0.05, 0) is 31.1 Å². The zero-order chi connectivity index (χ0) is 18.2. The van der Waals surface area contributed by atoms with Crippen LogP contribution >= 0.6 is 11.3 Å². The highest BCUT2D eigenvalue weighted by atomic mass is 32.1. The van der Waals surface area contributed by atoms with Crippen LogP contribution in [-0.4, -0.2) is 53.9 Å². The number of imidazole rings is 1. The lowest BCUT2D eigenvalue weighted by Gasteiger charge is -2.29. The maximum Gasteiger partial charge on any atom is 0.121 e. The standard InChI is InChI=1S/C20H25N5OS/c1-2-17-23-15-4-3-5-16(24-6-8-26-9-7-24)20(15)25(17)19-13-22-18(27-19)10-14-11-21-12-14/h3-5,13-14,21H,2,6-12H2,1H3. The summed E-state index contributed by atoms with van der Waals surface area (Å²) >= 11 is 1.81. The SMILES string of the molecule is CCc1nc2cccc(N3CCOCC3)c2n1-c1cnc(CC2CNC2)s1. The summed E-state index contributed by atoms with van der Waals surface area (Å²) in [6.07, 6.45) is 4.00. The van der Waals surface area contributed by atoms with E-state index in [-0.39, 0.29) is 0 Å². The largest absolute Gasteiger partial charge is 0.378 e. The molecule has 0 atom stereocenters. The number of morpholine rings is 1. The molecule has 0 bridgehead atoms. The smallest absolute Gasteiger partial charge is 0.121 e. The van der Waals surface area contributed by atoms with Gasteiger partial charge in [0, 0.05) is 25.9 Å². The van der Waals surface area contributed by atoms with Gasteiger partial charge in [-0.3, -0.25) is 4.57 Å². The molecule has 0 aliphatic carbocycles. The summed E-state index contributed by atoms with van der Waals surface area (Å²) in [4.78, 5) is 12.1. The van der Waals surface area contributed by atoms with Crippen molar-refractivity contribution in [1.29, 1.82) is 0 Å². The van der Waals surface area contributed by atoms with Crippen molar-refractivity contribution in [1.82, 2.24) is 19.9 Å². The minimum absolute atomic E-state index is 0.734. The lowest BCUT2D eigenvalue weighted by molar-refractivity contribution is 0.123. The third-order valence-electron chi connectivity index (χ3n) is 5.48. The van der Waals surface area contributed by atoms with E-state index in [0.717, 1.165) is 69.5 Å². The Hall–Kier alpha value is -1.96. The first-order valence-corrected chi connectivity index (χ1v) is 10.6. The van der Waals surface area contributed by atoms with Gasteiger partial charge in [0.15, 0.2) is 0 Å². The van der Waals surface area contributed by atoms with E-state index in [4.69, 9.17) is 14.7 Å². The molecule has 2 aliphatic heterocycles. The van der Waals surface area contributed by atoms with Crippen LogP contribution in [0.1, 0.15) is 17.8 Å². The number of rotatable bonds is 5. The average Bonchev–Trinajstić information content (AvgIpc) is 3.28. The molecule has 0 spiro atoms. The minimum atomic E-state index is 0.734. The molecule has 142 valence electrons. The molecule has 0 amide bonds. The van der Waals surface area contributed by atoms with Gasteiger partial charge in [-0.25, -0.2) is 9.97 Å². The highest BCUT2D eigenvalue weighted by Crippen LogP contribution is 2.33. The van der Waals surface area contributed by atoms with Crippen molar-refractivity contribution in [2.24, 2.45) is 5.92 Å². The van der Waals surface area contributed by atoms with Crippen LogP contribution < -0.4 is 10.2 Å². The van der Waals surface area contributed by atoms with Crippen molar-refractivity contribution in [2.45, 2.75) is 19.8 Å². The van der Waals surface area contributed by atoms with Crippen LogP contribution in [0.3, 0.4) is 0 Å². The number of nitrogens with one attached hydrogen (secondary N) is 1. The van der Waals surface area contributed by atoms with Crippen molar-refractivity contribution < 1.29 is 4.74 Å². The van der Waals surface area contributed by atoms with Crippen LogP contribution in [0.25, 0.3) is 16.0 Å². The van der Waals surface area contributed by atoms with Crippen LogP contribution in [0, 0.1) is 5.92 Å². The van der Waals surface area contributed by atoms with E-state index in [2.05, 4.69) is 39.9 Å². The van der Waals surface area contributed by atoms with Crippen molar-refractivity contribution in [2.75, 3.05) is 44.3 Å². The topological polar surface area (TPSA) is 55.2 Å². The molecule has 0 unspecified atom stereocenters. The molecule has 2 saturated heterocycles. The zero-order valence-electron chi connectivity index (χ0n) is 15.6. The number of aryl methyl sites for hydroxylation is 1. The summed E-state index contributed by atoms with van der Waals surface area (Å²) in [7, 11) is 0. The number of hydrogen-bond acceptors (Lipinski definition) is 6. The zero-order valence-corrected chi connectivity index (χ0v) is 16.5. The van der Waals surface area contributed by atoms with Gasteiger partial charge in [0.25, 0.3) is 0 Å². The number of aromatic nitrogens is 3. The van der Waals surface area contributed by atoms with Gasteiger partial charge >= 0.3 is 0 Å². The fourth-order valence-electron chi connectivity index (χ4n) is 3.93. The number of thiazole rings is 1. The minimum Gasteiger partial charge on any atom is -0.378 e. The monoisotopic (exact) mass is 383 g/mol. The number of benzene rings is 1. The maximum atomic E-state index is 5.55. The average molecular weight is 384 g/mol. The Bertz CT molecular complexity index is 939. The number of ether oxygens (including phenoxy) is 1. The normalized spacial score (nSPS) is 18.2. The van der Waals surface area contributed by atoms with Crippen molar-refractivity contribution >= 4 is 28.1 Å². The summed E-state index contributed by atoms with van der Waals surface area (Å²) in [6, 6.07) is 6.45. The molecule has 2 fully saturated rings. The molecule has 27 heavy (non-hydrogen) atoms. The second-order valence-corrected chi connectivity index (χ2v) is 8.38. The number of hydrogen-bond donors (Lipinski definition) is 1. The summed E-state index contributed by atoms with van der Waals surface area (Å²) < 4.78 is 7.89. The third kappa shape index (κ3) is 3.13. The Morgan fingerprint density at radius 3 is 2.85 bits per heavy atom. The van der Waals surface area contributed by atoms with Crippen LogP contribution in [0.15, 0.2) is 24.4 Å². The van der Waals surface area contributed by atoms with E-state index in [1.54, 1.807) is 0 Å². The molecule has 1 aromatic carbocycles. The Labute approximate surface area is 163 Å². The number of anilines is 1. The summed E-state index contributed by atoms with van der Waals surface area (Å²) in [5, 5.41) is 5.75. The fraction of sp³-hybridized carbons (Fsp3) is 0.500. The Morgan fingerprint density at radius 2 is 2.11 bits per heavy atom. The second-order valence-electron chi connectivity index (χ2n) is 7.28. The van der Waals surface area contributed by atoms with Gasteiger partial charge in [0.1, 0.15) is 10.8 Å². The molecule has 6 nitrogen and oxygen atoms in total. The van der Waals surface area contributed by atoms with Crippen LogP contribution in [-0.2, 0) is 17.6 Å². The number of fused-ring (bicyclic) bond motifs is 1. The highest BCUT2D eigenvalue weighted by Gasteiger charge is 2.22. The van der Waals surface area contributed by atoms with Gasteiger partial charge in [-0.15, -0.1) is 11.3 Å². The molecular weight excluding hydrogens is 358 g/mol. The van der Waals surface area contributed by atoms with Crippen molar-refractivity contribution in [3.63, 3.8) is 0 Å². The van der Waals surface area contributed by atoms with Crippen molar-refractivity contribution in [3.05, 3.63) is 35.2 Å². The molecule has 5 rings (SSSR count). The maximum absolute atomic E-state index is 5.55. The first-order valence-electron chi connectivity index (χ1n) is 9.82. The molecule has 0 radical (unpaired) electrons. The second kappa shape index (κ2) is 7.22. The predicted molar refractivity (Wildman–Crippen MR) is 109 cm³/mol. The number of para-hydroxylation sites is 1. The molecule has 1 N–H and O–H groups in total. The van der Waals surface area contributed by atoms with E-state index < -0.39 is 0 Å². The summed E-state index contributed by atoms with van der Waals surface area (Å²) in [6.45, 7) is 7.82. The lowest BCUT2D eigenvalue weighted by Crippen LogP contribution is -2.43. The van der Waals surface area contributed by atoms with E-state index in [0.29, 0.717) is 0 Å². The van der Waals surface area contributed by atoms with Gasteiger partial charge in [-0.1, -0.05) is 13.0 Å². The third-order valence-corrected chi connectivity index (χ3v) is 6.49. The molecule has 2 aromatic heterocycles. The molecule has 2 aliphatic rings. The first-order chi connectivity index (χ1) is 13.3. The van der Waals surface area contributed by atoms with Gasteiger partial charge < -0.3 is 15.0 Å². The first kappa shape index (κ1) is 17.2. The van der Waals surface area contributed by atoms with Gasteiger partial charge in [-0.2, -0.15) is 0 Å². The van der Waals surface area contributed by atoms with Crippen LogP contribution in [0.4, 0.5) is 5.69 Å². The Balaban J connectivity index is 1.59. The number of nitrogens with zero attached hydrogens (tertiary/aromatic N) is 4. The predicted octanol–water partition coefficient (Wildman–Crippen LogP) is 2.64. The molecule has 0 saturated carbocycles. The molecule has 7 heteroatoms. The van der Waals surface area contributed by atoms with Crippen molar-refractivity contribution in [3.8, 4) is 5.00 Å². The van der Waals surface area contributed by atoms with Crippen LogP contribution in [0.5, 0.6) is 0 Å². The van der Waals surface area contributed by atoms with E-state index in [1.807, 2.05) is 17.5 Å². The van der Waals surface area contributed by atoms with E-state index >= 15 is 0 Å². The van der Waals surface area contributed by atoms with Gasteiger partial charge in [0.2, 0.25) is 0 Å². The molecule has 3 aromatic rings. The lowest BCUT2D eigenvalue weighted by atomic mass is 10.0. The Morgan fingerprint density at radius 1 is 1.26 bits per heavy atom. The summed E-state index contributed by atoms with van der Waals surface area (Å²) in [5.74, 6) is 1.84. The van der Waals surface area contributed by atoms with Gasteiger partial charge in [0.05, 0.1) is 41.1 Å². The Kier molecular flexibility index (Phi) is 4.59. The van der Waals surface area contributed by atoms with Crippen LogP contribution in [0.2, 0.25) is 0 Å². The highest BCUT2D eigenvalue weighted by molar-refractivity contribution is 7.14. The van der Waals surface area contributed by atoms with E-state index in [9.17, 15) is 0 Å². The van der Waals surface area contributed by atoms with E-state index in [1.165, 1.54) is 21.2 Å². The molecule has 4 heterocycles. The summed E-state index contributed by atoms with van der Waals surface area (Å²) in [5.41, 5.74) is 3.52.